The number of carbonyl (C=O) groups is 3. The lowest BCUT2D eigenvalue weighted by molar-refractivity contribution is -0.120. The predicted molar refractivity (Wildman–Crippen MR) is 96.4 cm³/mol. The Hall–Kier alpha value is -3.46. The average molecular weight is 387 g/mol. The van der Waals surface area contributed by atoms with Gasteiger partial charge in [0.2, 0.25) is 0 Å². The van der Waals surface area contributed by atoms with Crippen molar-refractivity contribution < 1.29 is 23.2 Å². The lowest BCUT2D eigenvalue weighted by atomic mass is 10.2. The van der Waals surface area contributed by atoms with Gasteiger partial charge in [-0.15, -0.1) is 11.3 Å². The number of hydrogen-bond donors (Lipinski definition) is 3. The minimum absolute atomic E-state index is 0.0822. The van der Waals surface area contributed by atoms with Crippen LogP contribution in [-0.2, 0) is 4.79 Å². The van der Waals surface area contributed by atoms with E-state index >= 15 is 0 Å². The van der Waals surface area contributed by atoms with Crippen LogP contribution in [0.25, 0.3) is 10.4 Å². The van der Waals surface area contributed by atoms with E-state index in [4.69, 9.17) is 4.42 Å². The Labute approximate surface area is 157 Å². The number of nitrogens with one attached hydrogen (secondary N) is 3. The lowest BCUT2D eigenvalue weighted by Crippen LogP contribution is -2.46. The third-order valence-corrected chi connectivity index (χ3v) is 4.56. The summed E-state index contributed by atoms with van der Waals surface area (Å²) in [6, 6.07) is 12.3. The van der Waals surface area contributed by atoms with Crippen molar-refractivity contribution in [3.05, 3.63) is 71.2 Å². The Morgan fingerprint density at radius 2 is 1.74 bits per heavy atom. The summed E-state index contributed by atoms with van der Waals surface area (Å²) in [5.74, 6) is -1.89. The minimum Gasteiger partial charge on any atom is -0.459 e. The highest BCUT2D eigenvalue weighted by Gasteiger charge is 2.13. The van der Waals surface area contributed by atoms with Crippen molar-refractivity contribution in [3.63, 3.8) is 0 Å². The van der Waals surface area contributed by atoms with Gasteiger partial charge in [0.1, 0.15) is 5.82 Å². The van der Waals surface area contributed by atoms with E-state index < -0.39 is 17.7 Å². The second-order valence-electron chi connectivity index (χ2n) is 5.33. The van der Waals surface area contributed by atoms with Crippen LogP contribution in [0.1, 0.15) is 20.2 Å². The molecule has 0 unspecified atom stereocenters. The van der Waals surface area contributed by atoms with E-state index in [1.807, 2.05) is 0 Å². The fourth-order valence-electron chi connectivity index (χ4n) is 2.12. The summed E-state index contributed by atoms with van der Waals surface area (Å²) in [4.78, 5) is 36.6. The zero-order valence-corrected chi connectivity index (χ0v) is 14.6. The average Bonchev–Trinajstić information content (AvgIpc) is 3.36. The molecule has 138 valence electrons. The molecule has 0 bridgehead atoms. The summed E-state index contributed by atoms with van der Waals surface area (Å²) in [7, 11) is 0. The van der Waals surface area contributed by atoms with Crippen LogP contribution in [0.2, 0.25) is 0 Å². The van der Waals surface area contributed by atoms with E-state index in [1.165, 1.54) is 35.8 Å². The standard InChI is InChI=1S/C18H14FN3O4S/c19-12-5-3-11(4-6-12)14-7-8-15(27-14)18(25)22-21-16(23)10-20-17(24)13-2-1-9-26-13/h1-9H,10H2,(H,20,24)(H,21,23)(H,22,25). The number of rotatable bonds is 5. The van der Waals surface area contributed by atoms with Gasteiger partial charge in [0.25, 0.3) is 17.7 Å². The Morgan fingerprint density at radius 3 is 2.44 bits per heavy atom. The van der Waals surface area contributed by atoms with Crippen LogP contribution in [0, 0.1) is 5.82 Å². The summed E-state index contributed by atoms with van der Waals surface area (Å²) in [5, 5.41) is 2.35. The summed E-state index contributed by atoms with van der Waals surface area (Å²) >= 11 is 1.20. The molecule has 0 aliphatic heterocycles. The number of hydrogen-bond acceptors (Lipinski definition) is 5. The van der Waals surface area contributed by atoms with E-state index in [0.29, 0.717) is 4.88 Å². The molecule has 3 N–H and O–H groups in total. The predicted octanol–water partition coefficient (Wildman–Crippen LogP) is 2.34. The van der Waals surface area contributed by atoms with Crippen LogP contribution in [0.3, 0.4) is 0 Å². The van der Waals surface area contributed by atoms with Gasteiger partial charge >= 0.3 is 0 Å². The zero-order chi connectivity index (χ0) is 19.2. The van der Waals surface area contributed by atoms with E-state index in [1.54, 1.807) is 30.3 Å². The first-order chi connectivity index (χ1) is 13.0. The molecule has 9 heteroatoms. The number of benzene rings is 1. The van der Waals surface area contributed by atoms with Crippen molar-refractivity contribution in [1.29, 1.82) is 0 Å². The van der Waals surface area contributed by atoms with Crippen LogP contribution in [-0.4, -0.2) is 24.3 Å². The number of furan rings is 1. The number of amides is 3. The molecule has 2 aromatic heterocycles. The summed E-state index contributed by atoms with van der Waals surface area (Å²) in [6.07, 6.45) is 1.34. The van der Waals surface area contributed by atoms with Gasteiger partial charge in [-0.25, -0.2) is 4.39 Å². The molecule has 0 aliphatic rings. The van der Waals surface area contributed by atoms with Crippen molar-refractivity contribution in [1.82, 2.24) is 16.2 Å². The molecule has 3 rings (SSSR count). The highest BCUT2D eigenvalue weighted by Crippen LogP contribution is 2.28. The van der Waals surface area contributed by atoms with E-state index in [9.17, 15) is 18.8 Å². The molecule has 0 saturated heterocycles. The molecule has 3 aromatic rings. The smallest absolute Gasteiger partial charge is 0.287 e. The second-order valence-corrected chi connectivity index (χ2v) is 6.42. The highest BCUT2D eigenvalue weighted by atomic mass is 32.1. The van der Waals surface area contributed by atoms with Gasteiger partial charge in [-0.05, 0) is 42.0 Å². The maximum absolute atomic E-state index is 13.0. The van der Waals surface area contributed by atoms with Gasteiger partial charge in [-0.1, -0.05) is 12.1 Å². The monoisotopic (exact) mass is 387 g/mol. The largest absolute Gasteiger partial charge is 0.459 e. The quantitative estimate of drug-likeness (QED) is 0.585. The van der Waals surface area contributed by atoms with Crippen LogP contribution >= 0.6 is 11.3 Å². The maximum Gasteiger partial charge on any atom is 0.287 e. The van der Waals surface area contributed by atoms with Gasteiger partial charge in [-0.2, -0.15) is 0 Å². The molecule has 0 saturated carbocycles. The van der Waals surface area contributed by atoms with E-state index in [2.05, 4.69) is 16.2 Å². The van der Waals surface area contributed by atoms with Gasteiger partial charge in [0, 0.05) is 4.88 Å². The number of carbonyl (C=O) groups excluding carboxylic acids is 3. The summed E-state index contributed by atoms with van der Waals surface area (Å²) in [5.41, 5.74) is 5.26. The van der Waals surface area contributed by atoms with Crippen molar-refractivity contribution in [2.24, 2.45) is 0 Å². The Morgan fingerprint density at radius 1 is 0.963 bits per heavy atom. The summed E-state index contributed by atoms with van der Waals surface area (Å²) in [6.45, 7) is -0.328. The van der Waals surface area contributed by atoms with E-state index in [0.717, 1.165) is 10.4 Å². The van der Waals surface area contributed by atoms with Gasteiger partial charge in [-0.3, -0.25) is 25.2 Å². The third-order valence-electron chi connectivity index (χ3n) is 3.43. The van der Waals surface area contributed by atoms with Crippen LogP contribution in [0.5, 0.6) is 0 Å². The Bertz CT molecular complexity index is 951. The normalized spacial score (nSPS) is 10.3. The number of thiophene rings is 1. The topological polar surface area (TPSA) is 100 Å². The van der Waals surface area contributed by atoms with Crippen molar-refractivity contribution >= 4 is 29.1 Å². The Balaban J connectivity index is 1.48. The van der Waals surface area contributed by atoms with E-state index in [-0.39, 0.29) is 18.1 Å². The SMILES string of the molecule is O=C(CNC(=O)c1ccco1)NNC(=O)c1ccc(-c2ccc(F)cc2)s1. The summed E-state index contributed by atoms with van der Waals surface area (Å²) < 4.78 is 17.9. The Kier molecular flexibility index (Phi) is 5.62. The second kappa shape index (κ2) is 8.28. The first-order valence-corrected chi connectivity index (χ1v) is 8.61. The highest BCUT2D eigenvalue weighted by molar-refractivity contribution is 7.17. The third kappa shape index (κ3) is 4.79. The molecule has 0 radical (unpaired) electrons. The molecule has 2 heterocycles. The molecule has 27 heavy (non-hydrogen) atoms. The molecule has 0 aliphatic carbocycles. The molecule has 0 spiro atoms. The first-order valence-electron chi connectivity index (χ1n) is 7.79. The van der Waals surface area contributed by atoms with Crippen molar-refractivity contribution in [2.75, 3.05) is 6.54 Å². The minimum atomic E-state index is -0.599. The molecule has 3 amide bonds. The molecule has 7 nitrogen and oxygen atoms in total. The first kappa shape index (κ1) is 18.3. The van der Waals surface area contributed by atoms with Gasteiger partial charge < -0.3 is 9.73 Å². The van der Waals surface area contributed by atoms with Crippen LogP contribution < -0.4 is 16.2 Å². The number of halogens is 1. The van der Waals surface area contributed by atoms with Gasteiger partial charge in [0.15, 0.2) is 5.76 Å². The zero-order valence-electron chi connectivity index (χ0n) is 13.8. The fourth-order valence-corrected chi connectivity index (χ4v) is 3.02. The van der Waals surface area contributed by atoms with Gasteiger partial charge in [0.05, 0.1) is 17.7 Å². The maximum atomic E-state index is 13.0. The fraction of sp³-hybridized carbons (Fsp3) is 0.0556. The van der Waals surface area contributed by atoms with Crippen molar-refractivity contribution in [2.45, 2.75) is 0 Å². The lowest BCUT2D eigenvalue weighted by Gasteiger charge is -2.06. The molecule has 0 atom stereocenters. The molecular weight excluding hydrogens is 373 g/mol. The molecule has 0 fully saturated rings. The van der Waals surface area contributed by atoms with Crippen molar-refractivity contribution in [3.8, 4) is 10.4 Å². The molecule has 1 aromatic carbocycles. The van der Waals surface area contributed by atoms with Crippen LogP contribution in [0.15, 0.2) is 59.2 Å². The molecular formula is C18H14FN3O4S. The number of hydrazine groups is 1. The van der Waals surface area contributed by atoms with Crippen LogP contribution in [0.4, 0.5) is 4.39 Å².